The van der Waals surface area contributed by atoms with Crippen LogP contribution in [0.5, 0.6) is 0 Å². The molecule has 0 heterocycles. The highest BCUT2D eigenvalue weighted by Gasteiger charge is 2.31. The van der Waals surface area contributed by atoms with Crippen LogP contribution in [0.1, 0.15) is 24.8 Å². The van der Waals surface area contributed by atoms with E-state index in [1.807, 2.05) is 18.2 Å². The maximum Gasteiger partial charge on any atom is 0.0834 e. The van der Waals surface area contributed by atoms with Crippen molar-refractivity contribution in [1.29, 1.82) is 5.26 Å². The van der Waals surface area contributed by atoms with E-state index in [0.717, 1.165) is 36.7 Å². The van der Waals surface area contributed by atoms with Crippen LogP contribution < -0.4 is 0 Å². The summed E-state index contributed by atoms with van der Waals surface area (Å²) in [5.41, 5.74) is 0.801. The fourth-order valence-electron chi connectivity index (χ4n) is 2.13. The van der Waals surface area contributed by atoms with Gasteiger partial charge in [0.1, 0.15) is 0 Å². The fourth-order valence-corrected chi connectivity index (χ4v) is 2.41. The van der Waals surface area contributed by atoms with E-state index in [1.165, 1.54) is 0 Å². The molecule has 0 aromatic heterocycles. The monoisotopic (exact) mass is 308 g/mol. The van der Waals surface area contributed by atoms with Gasteiger partial charge in [-0.05, 0) is 45.5 Å². The Balaban J connectivity index is 2.95. The van der Waals surface area contributed by atoms with Gasteiger partial charge in [0.2, 0.25) is 0 Å². The van der Waals surface area contributed by atoms with Gasteiger partial charge in [0.25, 0.3) is 0 Å². The maximum absolute atomic E-state index is 9.69. The summed E-state index contributed by atoms with van der Waals surface area (Å²) in [6.45, 7) is 0.935. The molecule has 1 atom stereocenters. The predicted octanol–water partition coefficient (Wildman–Crippen LogP) is 3.57. The molecular weight excluding hydrogens is 288 g/mol. The molecule has 0 spiro atoms. The molecule has 0 saturated heterocycles. The second-order valence-corrected chi connectivity index (χ2v) is 5.70. The van der Waals surface area contributed by atoms with Crippen molar-refractivity contribution in [1.82, 2.24) is 4.90 Å². The fraction of sp³-hybridized carbons (Fsp3) is 0.533. The van der Waals surface area contributed by atoms with E-state index in [2.05, 4.69) is 53.1 Å². The molecule has 18 heavy (non-hydrogen) atoms. The van der Waals surface area contributed by atoms with Crippen molar-refractivity contribution < 1.29 is 0 Å². The van der Waals surface area contributed by atoms with Gasteiger partial charge in [-0.1, -0.05) is 46.3 Å². The highest BCUT2D eigenvalue weighted by atomic mass is 79.9. The smallest absolute Gasteiger partial charge is 0.0834 e. The molecule has 1 aromatic rings. The van der Waals surface area contributed by atoms with Crippen LogP contribution in [0.4, 0.5) is 0 Å². The normalized spacial score (nSPS) is 14.2. The van der Waals surface area contributed by atoms with Crippen LogP contribution in [0, 0.1) is 11.3 Å². The Kier molecular flexibility index (Phi) is 6.38. The zero-order chi connectivity index (χ0) is 13.4. The Hall–Kier alpha value is -0.850. The molecule has 0 fully saturated rings. The zero-order valence-corrected chi connectivity index (χ0v) is 12.8. The number of nitrogens with zero attached hydrogens (tertiary/aromatic N) is 2. The van der Waals surface area contributed by atoms with Crippen molar-refractivity contribution in [3.05, 3.63) is 35.9 Å². The summed E-state index contributed by atoms with van der Waals surface area (Å²) in [4.78, 5) is 2.14. The lowest BCUT2D eigenvalue weighted by molar-refractivity contribution is 0.341. The number of benzene rings is 1. The van der Waals surface area contributed by atoms with Gasteiger partial charge in [-0.25, -0.2) is 0 Å². The number of halogens is 1. The minimum atomic E-state index is -0.348. The Morgan fingerprint density at radius 1 is 1.22 bits per heavy atom. The summed E-state index contributed by atoms with van der Waals surface area (Å²) in [5, 5.41) is 10.6. The second kappa shape index (κ2) is 7.56. The molecule has 2 nitrogen and oxygen atoms in total. The first-order chi connectivity index (χ1) is 8.64. The highest BCUT2D eigenvalue weighted by molar-refractivity contribution is 9.09. The number of alkyl halides is 1. The van der Waals surface area contributed by atoms with Crippen molar-refractivity contribution >= 4 is 15.9 Å². The molecule has 98 valence electrons. The highest BCUT2D eigenvalue weighted by Crippen LogP contribution is 2.32. The molecule has 3 heteroatoms. The third kappa shape index (κ3) is 4.12. The van der Waals surface area contributed by atoms with Crippen molar-refractivity contribution in [3.63, 3.8) is 0 Å². The molecule has 1 unspecified atom stereocenters. The molecule has 1 rings (SSSR count). The first-order valence-corrected chi connectivity index (χ1v) is 7.44. The molecule has 0 radical (unpaired) electrons. The molecule has 0 aliphatic carbocycles. The summed E-state index contributed by atoms with van der Waals surface area (Å²) in [6, 6.07) is 12.8. The lowest BCUT2D eigenvalue weighted by Crippen LogP contribution is -2.29. The van der Waals surface area contributed by atoms with Gasteiger partial charge in [-0.3, -0.25) is 0 Å². The molecule has 0 aliphatic rings. The van der Waals surface area contributed by atoms with E-state index in [4.69, 9.17) is 0 Å². The number of hydrogen-bond acceptors (Lipinski definition) is 2. The van der Waals surface area contributed by atoms with E-state index in [0.29, 0.717) is 0 Å². The number of hydrogen-bond donors (Lipinski definition) is 0. The third-order valence-electron chi connectivity index (χ3n) is 3.26. The van der Waals surface area contributed by atoms with Crippen molar-refractivity contribution in [2.24, 2.45) is 0 Å². The molecule has 0 saturated carbocycles. The lowest BCUT2D eigenvalue weighted by Gasteiger charge is -2.28. The summed E-state index contributed by atoms with van der Waals surface area (Å²) in [5.74, 6) is 0. The van der Waals surface area contributed by atoms with Crippen LogP contribution in [0.2, 0.25) is 0 Å². The standard InChI is InChI=1S/C15H21BrN2/c1-18(2)12-10-15(13-17,9-6-11-16)14-7-4-3-5-8-14/h3-5,7-8H,6,9-12H2,1-2H3. The average molecular weight is 309 g/mol. The predicted molar refractivity (Wildman–Crippen MR) is 79.9 cm³/mol. The van der Waals surface area contributed by atoms with Crippen LogP contribution in [-0.4, -0.2) is 30.9 Å². The Bertz CT molecular complexity index is 383. The van der Waals surface area contributed by atoms with Crippen LogP contribution >= 0.6 is 15.9 Å². The quantitative estimate of drug-likeness (QED) is 0.720. The molecule has 0 amide bonds. The van der Waals surface area contributed by atoms with Gasteiger partial charge >= 0.3 is 0 Å². The van der Waals surface area contributed by atoms with E-state index >= 15 is 0 Å². The summed E-state index contributed by atoms with van der Waals surface area (Å²) in [6.07, 6.45) is 2.82. The second-order valence-electron chi connectivity index (χ2n) is 4.91. The minimum absolute atomic E-state index is 0.348. The third-order valence-corrected chi connectivity index (χ3v) is 3.82. The molecular formula is C15H21BrN2. The summed E-state index contributed by atoms with van der Waals surface area (Å²) in [7, 11) is 4.11. The van der Waals surface area contributed by atoms with Crippen LogP contribution in [-0.2, 0) is 5.41 Å². The van der Waals surface area contributed by atoms with Gasteiger partial charge in [0.15, 0.2) is 0 Å². The van der Waals surface area contributed by atoms with E-state index < -0.39 is 0 Å². The molecule has 0 N–H and O–H groups in total. The zero-order valence-electron chi connectivity index (χ0n) is 11.2. The van der Waals surface area contributed by atoms with Crippen LogP contribution in [0.3, 0.4) is 0 Å². The SMILES string of the molecule is CN(C)CCC(C#N)(CCCBr)c1ccccc1. The van der Waals surface area contributed by atoms with Gasteiger partial charge in [0, 0.05) is 5.33 Å². The van der Waals surface area contributed by atoms with Crippen LogP contribution in [0.15, 0.2) is 30.3 Å². The van der Waals surface area contributed by atoms with Crippen molar-refractivity contribution in [2.75, 3.05) is 26.0 Å². The molecule has 0 bridgehead atoms. The van der Waals surface area contributed by atoms with Crippen molar-refractivity contribution in [3.8, 4) is 6.07 Å². The minimum Gasteiger partial charge on any atom is -0.309 e. The number of nitriles is 1. The van der Waals surface area contributed by atoms with E-state index in [9.17, 15) is 5.26 Å². The first-order valence-electron chi connectivity index (χ1n) is 6.32. The van der Waals surface area contributed by atoms with Gasteiger partial charge in [-0.15, -0.1) is 0 Å². The lowest BCUT2D eigenvalue weighted by atomic mass is 9.75. The van der Waals surface area contributed by atoms with Gasteiger partial charge < -0.3 is 4.90 Å². The van der Waals surface area contributed by atoms with Crippen LogP contribution in [0.25, 0.3) is 0 Å². The topological polar surface area (TPSA) is 27.0 Å². The van der Waals surface area contributed by atoms with E-state index in [-0.39, 0.29) is 5.41 Å². The average Bonchev–Trinajstić information content (AvgIpc) is 2.40. The Morgan fingerprint density at radius 3 is 2.39 bits per heavy atom. The summed E-state index contributed by atoms with van der Waals surface area (Å²) < 4.78 is 0. The maximum atomic E-state index is 9.69. The molecule has 1 aromatic carbocycles. The van der Waals surface area contributed by atoms with Crippen molar-refractivity contribution in [2.45, 2.75) is 24.7 Å². The number of rotatable bonds is 7. The Labute approximate surface area is 119 Å². The van der Waals surface area contributed by atoms with E-state index in [1.54, 1.807) is 0 Å². The van der Waals surface area contributed by atoms with Gasteiger partial charge in [0.05, 0.1) is 11.5 Å². The largest absolute Gasteiger partial charge is 0.309 e. The summed E-state index contributed by atoms with van der Waals surface area (Å²) >= 11 is 3.46. The first kappa shape index (κ1) is 15.2. The van der Waals surface area contributed by atoms with Gasteiger partial charge in [-0.2, -0.15) is 5.26 Å². The Morgan fingerprint density at radius 2 is 1.89 bits per heavy atom. The molecule has 0 aliphatic heterocycles.